The minimum atomic E-state index is -0.461. The molecule has 0 spiro atoms. The number of rotatable bonds is 3. The third-order valence-corrected chi connectivity index (χ3v) is 4.05. The summed E-state index contributed by atoms with van der Waals surface area (Å²) in [5, 5.41) is 0.401. The van der Waals surface area contributed by atoms with Gasteiger partial charge in [-0.1, -0.05) is 0 Å². The van der Waals surface area contributed by atoms with Gasteiger partial charge in [-0.15, -0.1) is 0 Å². The van der Waals surface area contributed by atoms with Gasteiger partial charge >= 0.3 is 0 Å². The molecule has 0 bridgehead atoms. The molecular weight excluding hydrogens is 304 g/mol. The Kier molecular flexibility index (Phi) is 3.63. The van der Waals surface area contributed by atoms with E-state index in [1.165, 1.54) is 12.1 Å². The summed E-state index contributed by atoms with van der Waals surface area (Å²) in [7, 11) is 3.84. The maximum atomic E-state index is 12.6. The van der Waals surface area contributed by atoms with Gasteiger partial charge in [-0.2, -0.15) is 0 Å². The summed E-state index contributed by atoms with van der Waals surface area (Å²) in [4.78, 5) is 43.4. The van der Waals surface area contributed by atoms with E-state index in [2.05, 4.69) is 13.7 Å². The van der Waals surface area contributed by atoms with E-state index in [4.69, 9.17) is 0 Å². The van der Waals surface area contributed by atoms with Crippen molar-refractivity contribution in [1.29, 1.82) is 0 Å². The third-order valence-electron chi connectivity index (χ3n) is 3.44. The predicted molar refractivity (Wildman–Crippen MR) is 87.0 cm³/mol. The van der Waals surface area contributed by atoms with Crippen molar-refractivity contribution in [1.82, 2.24) is 13.6 Å². The van der Waals surface area contributed by atoms with Gasteiger partial charge in [0.2, 0.25) is 10.9 Å². The fourth-order valence-electron chi connectivity index (χ4n) is 2.33. The van der Waals surface area contributed by atoms with E-state index in [9.17, 15) is 14.4 Å². The molecule has 0 amide bonds. The SMILES string of the molecule is CN(C)CCN=c1ccc(=O)c2c(=O)c3[nH]s[nH]c3c(=O)c12. The fraction of sp³-hybridized carbons (Fsp3) is 0.286. The smallest absolute Gasteiger partial charge is 0.217 e. The molecule has 0 saturated carbocycles. The number of hydrogen-bond donors (Lipinski definition) is 2. The molecule has 7 nitrogen and oxygen atoms in total. The molecule has 2 N–H and O–H groups in total. The van der Waals surface area contributed by atoms with E-state index in [1.54, 1.807) is 0 Å². The first-order chi connectivity index (χ1) is 10.5. The highest BCUT2D eigenvalue weighted by atomic mass is 32.1. The number of nitrogens with zero attached hydrogens (tertiary/aromatic N) is 2. The monoisotopic (exact) mass is 318 g/mol. The van der Waals surface area contributed by atoms with Crippen molar-refractivity contribution in [2.75, 3.05) is 27.2 Å². The van der Waals surface area contributed by atoms with E-state index in [0.29, 0.717) is 18.4 Å². The van der Waals surface area contributed by atoms with Crippen molar-refractivity contribution in [3.8, 4) is 0 Å². The highest BCUT2D eigenvalue weighted by Gasteiger charge is 2.15. The number of nitrogens with one attached hydrogen (secondary N) is 2. The van der Waals surface area contributed by atoms with Crippen LogP contribution in [0.3, 0.4) is 0 Å². The molecule has 3 rings (SSSR count). The minimum Gasteiger partial charge on any atom is -0.308 e. The van der Waals surface area contributed by atoms with Gasteiger partial charge < -0.3 is 4.90 Å². The number of likely N-dealkylation sites (N-methyl/N-ethyl adjacent to an activating group) is 1. The zero-order valence-corrected chi connectivity index (χ0v) is 12.9. The van der Waals surface area contributed by atoms with Crippen molar-refractivity contribution in [2.45, 2.75) is 0 Å². The zero-order chi connectivity index (χ0) is 15.9. The summed E-state index contributed by atoms with van der Waals surface area (Å²) in [6, 6.07) is 2.79. The Morgan fingerprint density at radius 2 is 1.68 bits per heavy atom. The lowest BCUT2D eigenvalue weighted by Crippen LogP contribution is -2.26. The molecule has 0 aliphatic heterocycles. The van der Waals surface area contributed by atoms with Gasteiger partial charge in [0.15, 0.2) is 5.43 Å². The van der Waals surface area contributed by atoms with Gasteiger partial charge in [-0.05, 0) is 26.2 Å². The van der Waals surface area contributed by atoms with Gasteiger partial charge in [0.05, 0.1) is 22.7 Å². The van der Waals surface area contributed by atoms with Crippen LogP contribution < -0.4 is 21.6 Å². The van der Waals surface area contributed by atoms with Gasteiger partial charge in [-0.25, -0.2) is 0 Å². The summed E-state index contributed by atoms with van der Waals surface area (Å²) < 4.78 is 5.49. The Balaban J connectivity index is 2.44. The van der Waals surface area contributed by atoms with E-state index in [1.807, 2.05) is 19.0 Å². The molecule has 114 valence electrons. The highest BCUT2D eigenvalue weighted by molar-refractivity contribution is 7.00. The normalized spacial score (nSPS) is 12.8. The Bertz CT molecular complexity index is 1080. The van der Waals surface area contributed by atoms with Crippen LogP contribution in [0.5, 0.6) is 0 Å². The van der Waals surface area contributed by atoms with Crippen LogP contribution in [0.4, 0.5) is 0 Å². The molecule has 0 atom stereocenters. The first kappa shape index (κ1) is 14.6. The van der Waals surface area contributed by atoms with Gasteiger partial charge in [-0.3, -0.25) is 28.1 Å². The second kappa shape index (κ2) is 5.47. The zero-order valence-electron chi connectivity index (χ0n) is 12.1. The van der Waals surface area contributed by atoms with Gasteiger partial charge in [0.25, 0.3) is 0 Å². The van der Waals surface area contributed by atoms with Crippen molar-refractivity contribution < 1.29 is 0 Å². The molecule has 1 aromatic heterocycles. The number of aromatic nitrogens is 2. The maximum absolute atomic E-state index is 12.6. The Hall–Kier alpha value is -2.32. The Morgan fingerprint density at radius 1 is 1.05 bits per heavy atom. The van der Waals surface area contributed by atoms with Gasteiger partial charge in [0.1, 0.15) is 11.0 Å². The summed E-state index contributed by atoms with van der Waals surface area (Å²) in [5.41, 5.74) is -0.951. The van der Waals surface area contributed by atoms with Crippen LogP contribution in [-0.4, -0.2) is 40.8 Å². The second-order valence-electron chi connectivity index (χ2n) is 5.23. The lowest BCUT2D eigenvalue weighted by molar-refractivity contribution is 0.419. The molecule has 8 heteroatoms. The van der Waals surface area contributed by atoms with Crippen LogP contribution in [0.15, 0.2) is 31.5 Å². The van der Waals surface area contributed by atoms with Crippen LogP contribution in [0.1, 0.15) is 0 Å². The number of aromatic amines is 2. The summed E-state index contributed by atoms with van der Waals surface area (Å²) in [6.07, 6.45) is 0. The van der Waals surface area contributed by atoms with Crippen LogP contribution >= 0.6 is 11.7 Å². The van der Waals surface area contributed by atoms with E-state index >= 15 is 0 Å². The standard InChI is InChI=1S/C14H14N4O3S/c1-18(2)6-5-15-7-3-4-8(19)10-9(7)13(20)11-12(14(10)21)17-22-16-11/h3-4,16-17H,5-6H2,1-2H3. The van der Waals surface area contributed by atoms with Crippen molar-refractivity contribution in [3.63, 3.8) is 0 Å². The third kappa shape index (κ3) is 2.26. The number of H-pyrrole nitrogens is 2. The molecule has 0 radical (unpaired) electrons. The van der Waals surface area contributed by atoms with E-state index in [0.717, 1.165) is 11.7 Å². The summed E-state index contributed by atoms with van der Waals surface area (Å²) in [6.45, 7) is 1.19. The van der Waals surface area contributed by atoms with E-state index in [-0.39, 0.29) is 27.2 Å². The molecule has 0 aliphatic rings. The Morgan fingerprint density at radius 3 is 2.32 bits per heavy atom. The predicted octanol–water partition coefficient (Wildman–Crippen LogP) is -0.309. The molecule has 2 aromatic carbocycles. The molecular formula is C14H14N4O3S. The first-order valence-corrected chi connectivity index (χ1v) is 7.50. The average Bonchev–Trinajstić information content (AvgIpc) is 2.95. The topological polar surface area (TPSA) is 98.4 Å². The quantitative estimate of drug-likeness (QED) is 0.692. The van der Waals surface area contributed by atoms with Crippen molar-refractivity contribution >= 4 is 33.5 Å². The molecule has 0 saturated heterocycles. The minimum absolute atomic E-state index is 0.0911. The van der Waals surface area contributed by atoms with Crippen molar-refractivity contribution in [2.24, 2.45) is 4.99 Å². The van der Waals surface area contributed by atoms with Crippen LogP contribution in [-0.2, 0) is 0 Å². The molecule has 22 heavy (non-hydrogen) atoms. The van der Waals surface area contributed by atoms with Crippen molar-refractivity contribution in [3.05, 3.63) is 48.2 Å². The lowest BCUT2D eigenvalue weighted by Gasteiger charge is -2.05. The number of benzene rings is 2. The molecule has 0 aliphatic carbocycles. The number of hydrogen-bond acceptors (Lipinski definition) is 6. The number of fused-ring (bicyclic) bond motifs is 2. The summed E-state index contributed by atoms with van der Waals surface area (Å²) in [5.74, 6) is 0. The molecule has 0 unspecified atom stereocenters. The Labute approximate surface area is 128 Å². The van der Waals surface area contributed by atoms with Gasteiger partial charge in [0, 0.05) is 18.3 Å². The van der Waals surface area contributed by atoms with Crippen LogP contribution in [0.2, 0.25) is 0 Å². The first-order valence-electron chi connectivity index (χ1n) is 6.68. The fourth-order valence-corrected chi connectivity index (χ4v) is 2.97. The van der Waals surface area contributed by atoms with Crippen LogP contribution in [0.25, 0.3) is 21.8 Å². The largest absolute Gasteiger partial charge is 0.308 e. The average molecular weight is 318 g/mol. The summed E-state index contributed by atoms with van der Waals surface area (Å²) >= 11 is 1.04. The molecule has 3 aromatic rings. The second-order valence-corrected chi connectivity index (χ2v) is 5.84. The van der Waals surface area contributed by atoms with Crippen LogP contribution in [0, 0.1) is 0 Å². The highest BCUT2D eigenvalue weighted by Crippen LogP contribution is 2.05. The van der Waals surface area contributed by atoms with E-state index < -0.39 is 10.9 Å². The maximum Gasteiger partial charge on any atom is 0.217 e. The lowest BCUT2D eigenvalue weighted by atomic mass is 10.1. The molecule has 0 fully saturated rings. The molecule has 1 heterocycles.